The van der Waals surface area contributed by atoms with Gasteiger partial charge in [0.15, 0.2) is 0 Å². The molecule has 29 heavy (non-hydrogen) atoms. The van der Waals surface area contributed by atoms with Gasteiger partial charge in [-0.15, -0.1) is 0 Å². The van der Waals surface area contributed by atoms with Crippen LogP contribution in [0.5, 0.6) is 0 Å². The van der Waals surface area contributed by atoms with Crippen LogP contribution in [0.15, 0.2) is 40.2 Å². The van der Waals surface area contributed by atoms with E-state index >= 15 is 0 Å². The Bertz CT molecular complexity index is 1150. The van der Waals surface area contributed by atoms with Crippen molar-refractivity contribution in [3.63, 3.8) is 0 Å². The zero-order chi connectivity index (χ0) is 20.0. The number of aromatic nitrogens is 4. The second-order valence-electron chi connectivity index (χ2n) is 7.70. The maximum Gasteiger partial charge on any atom is 0.293 e. The SMILES string of the molecule is CN1C(Cn2ncc3nc(N4CCCC(N)C4)[nH]c3c2=O)=NCc2ccccc21. The van der Waals surface area contributed by atoms with Crippen molar-refractivity contribution in [2.45, 2.75) is 32.0 Å². The molecule has 1 unspecified atom stereocenters. The highest BCUT2D eigenvalue weighted by atomic mass is 16.1. The Labute approximate surface area is 167 Å². The normalized spacial score (nSPS) is 19.4. The maximum absolute atomic E-state index is 13.0. The van der Waals surface area contributed by atoms with Crippen LogP contribution in [0, 0.1) is 0 Å². The van der Waals surface area contributed by atoms with Gasteiger partial charge in [-0.1, -0.05) is 18.2 Å². The Morgan fingerprint density at radius 2 is 2.17 bits per heavy atom. The molecule has 2 aliphatic rings. The van der Waals surface area contributed by atoms with Crippen LogP contribution < -0.4 is 21.1 Å². The number of fused-ring (bicyclic) bond motifs is 2. The molecule has 4 heterocycles. The summed E-state index contributed by atoms with van der Waals surface area (Å²) in [7, 11) is 1.97. The van der Waals surface area contributed by atoms with Gasteiger partial charge in [-0.25, -0.2) is 9.67 Å². The number of hydrogen-bond acceptors (Lipinski definition) is 7. The van der Waals surface area contributed by atoms with E-state index in [1.165, 1.54) is 10.2 Å². The molecule has 0 bridgehead atoms. The minimum Gasteiger partial charge on any atom is -0.341 e. The highest BCUT2D eigenvalue weighted by molar-refractivity contribution is 5.99. The third-order valence-corrected chi connectivity index (χ3v) is 5.71. The molecule has 0 amide bonds. The summed E-state index contributed by atoms with van der Waals surface area (Å²) in [6.07, 6.45) is 3.68. The molecule has 5 rings (SSSR count). The van der Waals surface area contributed by atoms with Gasteiger partial charge in [-0.3, -0.25) is 9.79 Å². The fourth-order valence-corrected chi connectivity index (χ4v) is 4.08. The van der Waals surface area contributed by atoms with Gasteiger partial charge in [0.05, 0.1) is 12.7 Å². The number of imidazole rings is 1. The summed E-state index contributed by atoms with van der Waals surface area (Å²) < 4.78 is 1.44. The number of piperidine rings is 1. The Morgan fingerprint density at radius 3 is 3.03 bits per heavy atom. The van der Waals surface area contributed by atoms with Crippen LogP contribution in [-0.4, -0.2) is 51.8 Å². The third-order valence-electron chi connectivity index (χ3n) is 5.71. The molecule has 150 valence electrons. The Balaban J connectivity index is 1.44. The average Bonchev–Trinajstić information content (AvgIpc) is 3.17. The van der Waals surface area contributed by atoms with Crippen molar-refractivity contribution < 1.29 is 0 Å². The molecule has 0 saturated carbocycles. The van der Waals surface area contributed by atoms with E-state index < -0.39 is 0 Å². The number of hydrogen-bond donors (Lipinski definition) is 2. The largest absolute Gasteiger partial charge is 0.341 e. The molecule has 1 saturated heterocycles. The highest BCUT2D eigenvalue weighted by Crippen LogP contribution is 2.24. The fraction of sp³-hybridized carbons (Fsp3) is 0.400. The highest BCUT2D eigenvalue weighted by Gasteiger charge is 2.22. The number of aliphatic imine (C=N–C) groups is 1. The number of likely N-dealkylation sites (N-methyl/N-ethyl adjacent to an activating group) is 1. The number of nitrogens with zero attached hydrogens (tertiary/aromatic N) is 6. The van der Waals surface area contributed by atoms with Gasteiger partial charge < -0.3 is 20.5 Å². The number of nitrogens with two attached hydrogens (primary N) is 1. The van der Waals surface area contributed by atoms with E-state index in [1.54, 1.807) is 6.20 Å². The van der Waals surface area contributed by atoms with Gasteiger partial charge in [-0.05, 0) is 24.5 Å². The summed E-state index contributed by atoms with van der Waals surface area (Å²) in [5.74, 6) is 1.49. The Morgan fingerprint density at radius 1 is 1.31 bits per heavy atom. The van der Waals surface area contributed by atoms with Crippen LogP contribution in [0.2, 0.25) is 0 Å². The van der Waals surface area contributed by atoms with Crippen LogP contribution in [0.4, 0.5) is 11.6 Å². The lowest BCUT2D eigenvalue weighted by Crippen LogP contribution is -2.43. The van der Waals surface area contributed by atoms with E-state index in [2.05, 4.69) is 37.1 Å². The summed E-state index contributed by atoms with van der Waals surface area (Å²) in [5.41, 5.74) is 9.21. The average molecular weight is 392 g/mol. The van der Waals surface area contributed by atoms with Crippen LogP contribution in [-0.2, 0) is 13.1 Å². The lowest BCUT2D eigenvalue weighted by molar-refractivity contribution is 0.501. The number of amidine groups is 1. The van der Waals surface area contributed by atoms with Crippen molar-refractivity contribution in [1.29, 1.82) is 0 Å². The first-order chi connectivity index (χ1) is 14.1. The molecule has 9 heteroatoms. The van der Waals surface area contributed by atoms with Gasteiger partial charge in [-0.2, -0.15) is 5.10 Å². The van der Waals surface area contributed by atoms with E-state index in [0.717, 1.165) is 37.5 Å². The van der Waals surface area contributed by atoms with Crippen LogP contribution in [0.25, 0.3) is 11.0 Å². The quantitative estimate of drug-likeness (QED) is 0.691. The molecular formula is C20H24N8O. The molecule has 2 aromatic heterocycles. The topological polar surface area (TPSA) is 108 Å². The number of anilines is 2. The molecule has 0 aliphatic carbocycles. The van der Waals surface area contributed by atoms with Crippen molar-refractivity contribution in [3.05, 3.63) is 46.4 Å². The standard InChI is InChI=1S/C20H24N8O/c1-26-16-7-3-2-5-13(16)9-22-17(26)12-28-19(29)18-15(10-23-28)24-20(25-18)27-8-4-6-14(21)11-27/h2-3,5,7,10,14H,4,6,8-9,11-12,21H2,1H3,(H,24,25). The van der Waals surface area contributed by atoms with Gasteiger partial charge in [0.25, 0.3) is 5.56 Å². The maximum atomic E-state index is 13.0. The Kier molecular flexibility index (Phi) is 4.31. The summed E-state index contributed by atoms with van der Waals surface area (Å²) in [5, 5.41) is 4.34. The van der Waals surface area contributed by atoms with Crippen LogP contribution in [0.1, 0.15) is 18.4 Å². The van der Waals surface area contributed by atoms with Gasteiger partial charge in [0, 0.05) is 31.9 Å². The van der Waals surface area contributed by atoms with Crippen molar-refractivity contribution in [3.8, 4) is 0 Å². The van der Waals surface area contributed by atoms with Crippen LogP contribution >= 0.6 is 0 Å². The molecule has 1 fully saturated rings. The van der Waals surface area contributed by atoms with Crippen molar-refractivity contribution >= 4 is 28.5 Å². The first kappa shape index (κ1) is 17.9. The third kappa shape index (κ3) is 3.17. The van der Waals surface area contributed by atoms with Gasteiger partial charge >= 0.3 is 0 Å². The molecule has 3 aromatic rings. The van der Waals surface area contributed by atoms with Gasteiger partial charge in [0.1, 0.15) is 23.4 Å². The van der Waals surface area contributed by atoms with Crippen molar-refractivity contribution in [2.24, 2.45) is 10.7 Å². The summed E-state index contributed by atoms with van der Waals surface area (Å²) in [4.78, 5) is 29.6. The van der Waals surface area contributed by atoms with E-state index in [0.29, 0.717) is 30.1 Å². The summed E-state index contributed by atoms with van der Waals surface area (Å²) >= 11 is 0. The fourth-order valence-electron chi connectivity index (χ4n) is 4.08. The number of para-hydroxylation sites is 1. The number of nitrogens with one attached hydrogen (secondary N) is 1. The minimum atomic E-state index is -0.197. The molecule has 2 aliphatic heterocycles. The van der Waals surface area contributed by atoms with Crippen LogP contribution in [0.3, 0.4) is 0 Å². The van der Waals surface area contributed by atoms with E-state index in [9.17, 15) is 4.79 Å². The number of H-pyrrole nitrogens is 1. The summed E-state index contributed by atoms with van der Waals surface area (Å²) in [6, 6.07) is 8.29. The predicted octanol–water partition coefficient (Wildman–Crippen LogP) is 1.10. The van der Waals surface area contributed by atoms with Gasteiger partial charge in [0.2, 0.25) is 5.95 Å². The minimum absolute atomic E-state index is 0.134. The zero-order valence-electron chi connectivity index (χ0n) is 16.4. The molecule has 1 aromatic carbocycles. The molecule has 3 N–H and O–H groups in total. The summed E-state index contributed by atoms with van der Waals surface area (Å²) in [6.45, 7) is 2.54. The second kappa shape index (κ2) is 7.00. The number of aromatic amines is 1. The second-order valence-corrected chi connectivity index (χ2v) is 7.70. The molecular weight excluding hydrogens is 368 g/mol. The van der Waals surface area contributed by atoms with Crippen molar-refractivity contribution in [2.75, 3.05) is 29.9 Å². The monoisotopic (exact) mass is 392 g/mol. The Hall–Kier alpha value is -3.20. The molecule has 0 radical (unpaired) electrons. The molecule has 9 nitrogen and oxygen atoms in total. The van der Waals surface area contributed by atoms with E-state index in [-0.39, 0.29) is 11.6 Å². The lowest BCUT2D eigenvalue weighted by atomic mass is 10.1. The first-order valence-corrected chi connectivity index (χ1v) is 9.91. The zero-order valence-corrected chi connectivity index (χ0v) is 16.4. The molecule has 1 atom stereocenters. The lowest BCUT2D eigenvalue weighted by Gasteiger charge is -2.30. The number of rotatable bonds is 3. The first-order valence-electron chi connectivity index (χ1n) is 9.91. The van der Waals surface area contributed by atoms with E-state index in [4.69, 9.17) is 5.73 Å². The smallest absolute Gasteiger partial charge is 0.293 e. The number of benzene rings is 1. The predicted molar refractivity (Wildman–Crippen MR) is 114 cm³/mol. The van der Waals surface area contributed by atoms with E-state index in [1.807, 2.05) is 24.1 Å². The molecule has 0 spiro atoms. The van der Waals surface area contributed by atoms with Crippen molar-refractivity contribution in [1.82, 2.24) is 19.7 Å².